The zero-order valence-electron chi connectivity index (χ0n) is 17.0. The number of ketones is 1. The van der Waals surface area contributed by atoms with E-state index in [1.54, 1.807) is 29.5 Å². The molecule has 150 valence electrons. The minimum absolute atomic E-state index is 0.0541. The Balaban J connectivity index is 1.97. The third-order valence-corrected chi connectivity index (χ3v) is 4.80. The van der Waals surface area contributed by atoms with Gasteiger partial charge in [0.15, 0.2) is 5.78 Å². The van der Waals surface area contributed by atoms with E-state index in [0.29, 0.717) is 29.1 Å². The maximum absolute atomic E-state index is 12.3. The van der Waals surface area contributed by atoms with Crippen LogP contribution in [0.2, 0.25) is 0 Å². The minimum atomic E-state index is -0.167. The standard InChI is InChI=1S/C22H20N6O2/c1-13-9-25-20(26-10-13)8-17-6-16(18-11-23-15(3)24-12-18)7-19-21(14(2)30)27-28(4-5-29)22(17)19/h5-7,9-12H,4,8H2,1-3H3. The average Bonchev–Trinajstić information content (AvgIpc) is 3.09. The largest absolute Gasteiger partial charge is 0.301 e. The summed E-state index contributed by atoms with van der Waals surface area (Å²) in [7, 11) is 0. The molecule has 0 saturated carbocycles. The normalized spacial score (nSPS) is 11.0. The predicted octanol–water partition coefficient (Wildman–Crippen LogP) is 2.89. The maximum Gasteiger partial charge on any atom is 0.180 e. The van der Waals surface area contributed by atoms with Crippen LogP contribution in [0.15, 0.2) is 36.9 Å². The van der Waals surface area contributed by atoms with Crippen molar-refractivity contribution >= 4 is 23.0 Å². The molecule has 0 saturated heterocycles. The van der Waals surface area contributed by atoms with E-state index in [9.17, 15) is 9.59 Å². The second-order valence-corrected chi connectivity index (χ2v) is 7.16. The third-order valence-electron chi connectivity index (χ3n) is 4.80. The molecule has 0 unspecified atom stereocenters. The van der Waals surface area contributed by atoms with E-state index in [1.807, 2.05) is 26.0 Å². The lowest BCUT2D eigenvalue weighted by Gasteiger charge is -2.10. The summed E-state index contributed by atoms with van der Waals surface area (Å²) < 4.78 is 1.57. The molecule has 4 aromatic rings. The second-order valence-electron chi connectivity index (χ2n) is 7.16. The zero-order chi connectivity index (χ0) is 21.3. The third kappa shape index (κ3) is 3.71. The van der Waals surface area contributed by atoms with Crippen LogP contribution in [-0.4, -0.2) is 41.8 Å². The molecule has 1 aromatic carbocycles. The van der Waals surface area contributed by atoms with E-state index in [1.165, 1.54) is 6.92 Å². The van der Waals surface area contributed by atoms with Crippen LogP contribution in [0.1, 0.15) is 40.2 Å². The Bertz CT molecular complexity index is 1240. The highest BCUT2D eigenvalue weighted by Crippen LogP contribution is 2.31. The van der Waals surface area contributed by atoms with Crippen LogP contribution in [0.4, 0.5) is 0 Å². The molecule has 0 N–H and O–H groups in total. The summed E-state index contributed by atoms with van der Waals surface area (Å²) in [5.74, 6) is 1.15. The Morgan fingerprint density at radius 2 is 1.70 bits per heavy atom. The minimum Gasteiger partial charge on any atom is -0.301 e. The van der Waals surface area contributed by atoms with Crippen molar-refractivity contribution in [3.05, 3.63) is 65.4 Å². The summed E-state index contributed by atoms with van der Waals surface area (Å²) in [5, 5.41) is 5.09. The number of nitrogens with zero attached hydrogens (tertiary/aromatic N) is 6. The van der Waals surface area contributed by atoms with Gasteiger partial charge < -0.3 is 4.79 Å². The molecular formula is C22H20N6O2. The summed E-state index contributed by atoms with van der Waals surface area (Å²) in [6, 6.07) is 3.89. The van der Waals surface area contributed by atoms with Crippen molar-refractivity contribution in [1.29, 1.82) is 0 Å². The van der Waals surface area contributed by atoms with E-state index in [-0.39, 0.29) is 12.3 Å². The van der Waals surface area contributed by atoms with E-state index < -0.39 is 0 Å². The molecule has 0 aliphatic carbocycles. The molecule has 0 fully saturated rings. The molecule has 0 amide bonds. The maximum atomic E-state index is 12.3. The van der Waals surface area contributed by atoms with Gasteiger partial charge >= 0.3 is 0 Å². The molecule has 0 spiro atoms. The Morgan fingerprint density at radius 1 is 1.00 bits per heavy atom. The fourth-order valence-corrected chi connectivity index (χ4v) is 3.39. The van der Waals surface area contributed by atoms with Crippen molar-refractivity contribution in [3.8, 4) is 11.1 Å². The number of fused-ring (bicyclic) bond motifs is 1. The van der Waals surface area contributed by atoms with Gasteiger partial charge in [0.25, 0.3) is 0 Å². The van der Waals surface area contributed by atoms with Gasteiger partial charge in [0, 0.05) is 49.1 Å². The molecule has 0 aliphatic heterocycles. The summed E-state index contributed by atoms with van der Waals surface area (Å²) in [6.07, 6.45) is 8.23. The monoisotopic (exact) mass is 400 g/mol. The zero-order valence-corrected chi connectivity index (χ0v) is 17.0. The van der Waals surface area contributed by atoms with Crippen LogP contribution in [0.5, 0.6) is 0 Å². The number of rotatable bonds is 6. The van der Waals surface area contributed by atoms with Gasteiger partial charge in [-0.3, -0.25) is 9.48 Å². The molecule has 0 aliphatic rings. The second kappa shape index (κ2) is 7.90. The number of hydrogen-bond donors (Lipinski definition) is 0. The van der Waals surface area contributed by atoms with Crippen molar-refractivity contribution < 1.29 is 9.59 Å². The van der Waals surface area contributed by atoms with Gasteiger partial charge in [-0.2, -0.15) is 5.10 Å². The van der Waals surface area contributed by atoms with Crippen molar-refractivity contribution in [2.45, 2.75) is 33.7 Å². The summed E-state index contributed by atoms with van der Waals surface area (Å²) in [4.78, 5) is 40.9. The van der Waals surface area contributed by atoms with Gasteiger partial charge in [-0.1, -0.05) is 0 Å². The predicted molar refractivity (Wildman–Crippen MR) is 111 cm³/mol. The number of aldehydes is 1. The van der Waals surface area contributed by atoms with Crippen LogP contribution in [0, 0.1) is 13.8 Å². The fourth-order valence-electron chi connectivity index (χ4n) is 3.39. The average molecular weight is 400 g/mol. The van der Waals surface area contributed by atoms with E-state index >= 15 is 0 Å². The molecule has 0 bridgehead atoms. The van der Waals surface area contributed by atoms with E-state index in [4.69, 9.17) is 0 Å². The molecule has 8 heteroatoms. The number of carbonyl (C=O) groups is 2. The van der Waals surface area contributed by atoms with Gasteiger partial charge in [0.1, 0.15) is 23.6 Å². The van der Waals surface area contributed by atoms with Gasteiger partial charge in [-0.25, -0.2) is 19.9 Å². The first-order valence-electron chi connectivity index (χ1n) is 9.51. The summed E-state index contributed by atoms with van der Waals surface area (Å²) in [6.45, 7) is 5.28. The first-order chi connectivity index (χ1) is 14.5. The van der Waals surface area contributed by atoms with Gasteiger partial charge in [-0.15, -0.1) is 0 Å². The highest BCUT2D eigenvalue weighted by atomic mass is 16.1. The molecule has 3 aromatic heterocycles. The summed E-state index contributed by atoms with van der Waals surface area (Å²) in [5.41, 5.74) is 4.58. The van der Waals surface area contributed by atoms with Gasteiger partial charge in [-0.05, 0) is 42.7 Å². The van der Waals surface area contributed by atoms with Crippen molar-refractivity contribution in [1.82, 2.24) is 29.7 Å². The van der Waals surface area contributed by atoms with Crippen molar-refractivity contribution in [2.24, 2.45) is 0 Å². The lowest BCUT2D eigenvalue weighted by atomic mass is 9.98. The smallest absolute Gasteiger partial charge is 0.180 e. The van der Waals surface area contributed by atoms with Gasteiger partial charge in [0.2, 0.25) is 0 Å². The topological polar surface area (TPSA) is 104 Å². The molecule has 8 nitrogen and oxygen atoms in total. The number of carbonyl (C=O) groups excluding carboxylic acids is 2. The highest BCUT2D eigenvalue weighted by molar-refractivity contribution is 6.06. The molecule has 0 radical (unpaired) electrons. The van der Waals surface area contributed by atoms with Crippen LogP contribution in [-0.2, 0) is 17.8 Å². The number of Topliss-reactive ketones (excluding diaryl/α,β-unsaturated/α-hetero) is 1. The first-order valence-corrected chi connectivity index (χ1v) is 9.51. The quantitative estimate of drug-likeness (QED) is 0.362. The molecule has 30 heavy (non-hydrogen) atoms. The highest BCUT2D eigenvalue weighted by Gasteiger charge is 2.19. The van der Waals surface area contributed by atoms with Crippen molar-refractivity contribution in [2.75, 3.05) is 0 Å². The van der Waals surface area contributed by atoms with Crippen LogP contribution >= 0.6 is 0 Å². The lowest BCUT2D eigenvalue weighted by molar-refractivity contribution is -0.108. The number of aromatic nitrogens is 6. The number of aryl methyl sites for hydroxylation is 2. The first kappa shape index (κ1) is 19.5. The number of benzene rings is 1. The van der Waals surface area contributed by atoms with Crippen LogP contribution in [0.3, 0.4) is 0 Å². The van der Waals surface area contributed by atoms with Crippen molar-refractivity contribution in [3.63, 3.8) is 0 Å². The Labute approximate surface area is 173 Å². The van der Waals surface area contributed by atoms with E-state index in [2.05, 4.69) is 25.0 Å². The van der Waals surface area contributed by atoms with Crippen LogP contribution in [0.25, 0.3) is 22.0 Å². The summed E-state index contributed by atoms with van der Waals surface area (Å²) >= 11 is 0. The number of hydrogen-bond acceptors (Lipinski definition) is 7. The molecule has 4 rings (SSSR count). The van der Waals surface area contributed by atoms with Gasteiger partial charge in [0.05, 0.1) is 12.1 Å². The Kier molecular flexibility index (Phi) is 5.14. The molecule has 3 heterocycles. The van der Waals surface area contributed by atoms with Crippen LogP contribution < -0.4 is 0 Å². The Morgan fingerprint density at radius 3 is 2.33 bits per heavy atom. The fraction of sp³-hybridized carbons (Fsp3) is 0.227. The van der Waals surface area contributed by atoms with E-state index in [0.717, 1.165) is 34.1 Å². The lowest BCUT2D eigenvalue weighted by Crippen LogP contribution is -2.05. The SMILES string of the molecule is CC(=O)c1nn(CC=O)c2c(Cc3ncc(C)cn3)cc(-c3cnc(C)nc3)cc12. The molecule has 0 atom stereocenters. The Hall–Kier alpha value is -3.81. The molecular weight excluding hydrogens is 380 g/mol.